The highest BCUT2D eigenvalue weighted by atomic mass is 16.5. The molecule has 1 saturated carbocycles. The second-order valence-electron chi connectivity index (χ2n) is 7.33. The Morgan fingerprint density at radius 2 is 1.97 bits per heavy atom. The molecule has 0 spiro atoms. The number of nitrogens with one attached hydrogen (secondary N) is 1. The van der Waals surface area contributed by atoms with Gasteiger partial charge in [-0.05, 0) is 50.1 Å². The number of carbonyl (C=O) groups is 1. The van der Waals surface area contributed by atoms with Gasteiger partial charge in [0.25, 0.3) is 5.91 Å². The van der Waals surface area contributed by atoms with E-state index in [4.69, 9.17) is 14.3 Å². The van der Waals surface area contributed by atoms with Crippen LogP contribution in [0.2, 0.25) is 0 Å². The zero-order valence-electron chi connectivity index (χ0n) is 16.3. The summed E-state index contributed by atoms with van der Waals surface area (Å²) in [6, 6.07) is 17.3. The van der Waals surface area contributed by atoms with Crippen LogP contribution in [0, 0.1) is 6.92 Å². The van der Waals surface area contributed by atoms with Crippen LogP contribution in [-0.2, 0) is 0 Å². The number of amides is 1. The molecular weight excluding hydrogens is 366 g/mol. The van der Waals surface area contributed by atoms with E-state index in [1.165, 1.54) is 0 Å². The molecule has 0 saturated heterocycles. The number of rotatable bonds is 5. The molecule has 146 valence electrons. The molecule has 0 bridgehead atoms. The molecule has 1 aliphatic rings. The van der Waals surface area contributed by atoms with Crippen molar-refractivity contribution in [3.8, 4) is 11.4 Å². The first-order valence-corrected chi connectivity index (χ1v) is 9.68. The summed E-state index contributed by atoms with van der Waals surface area (Å²) in [6.07, 6.45) is 2.29. The number of carbonyl (C=O) groups excluding carboxylic acids is 1. The van der Waals surface area contributed by atoms with E-state index in [2.05, 4.69) is 5.32 Å². The third-order valence-electron chi connectivity index (χ3n) is 5.26. The Hall–Kier alpha value is -3.54. The Morgan fingerprint density at radius 3 is 2.69 bits per heavy atom. The number of benzene rings is 2. The first-order chi connectivity index (χ1) is 14.1. The van der Waals surface area contributed by atoms with E-state index >= 15 is 0 Å². The molecule has 1 fully saturated rings. The van der Waals surface area contributed by atoms with Crippen LogP contribution in [0.5, 0.6) is 5.75 Å². The van der Waals surface area contributed by atoms with Crippen LogP contribution in [0.15, 0.2) is 59.0 Å². The molecule has 6 heteroatoms. The number of methoxy groups -OCH3 is 1. The highest BCUT2D eigenvalue weighted by Gasteiger charge is 2.28. The van der Waals surface area contributed by atoms with E-state index in [1.54, 1.807) is 18.7 Å². The lowest BCUT2D eigenvalue weighted by atomic mass is 10.1. The molecule has 0 radical (unpaired) electrons. The van der Waals surface area contributed by atoms with Crippen LogP contribution in [0.4, 0.5) is 5.82 Å². The standard InChI is InChI=1S/C23H21N3O3/c1-14-22(18-12-17(28-2)10-11-20(18)29-14)23(27)24-21-13-19(15-8-9-15)25-26(21)16-6-4-3-5-7-16/h3-7,10-13,15H,8-9H2,1-2H3,(H,24,27). The zero-order valence-corrected chi connectivity index (χ0v) is 16.3. The van der Waals surface area contributed by atoms with Crippen molar-refractivity contribution < 1.29 is 13.9 Å². The van der Waals surface area contributed by atoms with E-state index in [0.29, 0.717) is 34.4 Å². The lowest BCUT2D eigenvalue weighted by Crippen LogP contribution is -2.15. The molecule has 0 aliphatic heterocycles. The van der Waals surface area contributed by atoms with Crippen LogP contribution in [0.3, 0.4) is 0 Å². The Balaban J connectivity index is 1.55. The SMILES string of the molecule is COc1ccc2oc(C)c(C(=O)Nc3cc(C4CC4)nn3-c3ccccc3)c2c1. The number of furan rings is 1. The number of aromatic nitrogens is 2. The van der Waals surface area contributed by atoms with Gasteiger partial charge >= 0.3 is 0 Å². The van der Waals surface area contributed by atoms with Crippen molar-refractivity contribution in [3.05, 3.63) is 71.6 Å². The summed E-state index contributed by atoms with van der Waals surface area (Å²) in [5, 5.41) is 8.52. The van der Waals surface area contributed by atoms with Gasteiger partial charge in [0, 0.05) is 17.4 Å². The summed E-state index contributed by atoms with van der Waals surface area (Å²) in [7, 11) is 1.60. The number of hydrogen-bond donors (Lipinski definition) is 1. The summed E-state index contributed by atoms with van der Waals surface area (Å²) in [5.74, 6) is 2.15. The van der Waals surface area contributed by atoms with Crippen LogP contribution in [-0.4, -0.2) is 22.8 Å². The van der Waals surface area contributed by atoms with Crippen molar-refractivity contribution >= 4 is 22.7 Å². The molecule has 6 nitrogen and oxygen atoms in total. The smallest absolute Gasteiger partial charge is 0.260 e. The van der Waals surface area contributed by atoms with Gasteiger partial charge in [0.05, 0.1) is 24.1 Å². The van der Waals surface area contributed by atoms with Crippen molar-refractivity contribution in [1.29, 1.82) is 0 Å². The zero-order chi connectivity index (χ0) is 20.0. The minimum Gasteiger partial charge on any atom is -0.497 e. The van der Waals surface area contributed by atoms with Crippen molar-refractivity contribution in [2.45, 2.75) is 25.7 Å². The maximum absolute atomic E-state index is 13.2. The van der Waals surface area contributed by atoms with Gasteiger partial charge in [0.2, 0.25) is 0 Å². The molecule has 1 N–H and O–H groups in total. The number of para-hydroxylation sites is 1. The van der Waals surface area contributed by atoms with E-state index in [9.17, 15) is 4.79 Å². The van der Waals surface area contributed by atoms with Gasteiger partial charge in [0.1, 0.15) is 22.9 Å². The number of ether oxygens (including phenoxy) is 1. The second-order valence-corrected chi connectivity index (χ2v) is 7.33. The fourth-order valence-electron chi connectivity index (χ4n) is 3.62. The van der Waals surface area contributed by atoms with Gasteiger partial charge < -0.3 is 14.5 Å². The van der Waals surface area contributed by atoms with Gasteiger partial charge in [-0.2, -0.15) is 5.10 Å². The minimum absolute atomic E-state index is 0.228. The summed E-state index contributed by atoms with van der Waals surface area (Å²) < 4.78 is 12.9. The summed E-state index contributed by atoms with van der Waals surface area (Å²) in [4.78, 5) is 13.2. The summed E-state index contributed by atoms with van der Waals surface area (Å²) >= 11 is 0. The molecule has 2 aromatic heterocycles. The van der Waals surface area contributed by atoms with E-state index in [1.807, 2.05) is 54.6 Å². The van der Waals surface area contributed by atoms with Crippen LogP contribution < -0.4 is 10.1 Å². The monoisotopic (exact) mass is 387 g/mol. The Bertz CT molecular complexity index is 1200. The molecular formula is C23H21N3O3. The number of anilines is 1. The maximum Gasteiger partial charge on any atom is 0.260 e. The predicted molar refractivity (Wildman–Crippen MR) is 111 cm³/mol. The largest absolute Gasteiger partial charge is 0.497 e. The van der Waals surface area contributed by atoms with E-state index in [-0.39, 0.29) is 5.91 Å². The van der Waals surface area contributed by atoms with Crippen LogP contribution >= 0.6 is 0 Å². The second kappa shape index (κ2) is 6.81. The molecule has 1 amide bonds. The highest BCUT2D eigenvalue weighted by molar-refractivity contribution is 6.13. The predicted octanol–water partition coefficient (Wildman–Crippen LogP) is 5.07. The number of nitrogens with zero attached hydrogens (tertiary/aromatic N) is 2. The fraction of sp³-hybridized carbons (Fsp3) is 0.217. The number of aryl methyl sites for hydroxylation is 1. The molecule has 4 aromatic rings. The first kappa shape index (κ1) is 17.6. The van der Waals surface area contributed by atoms with Crippen LogP contribution in [0.25, 0.3) is 16.7 Å². The van der Waals surface area contributed by atoms with Crippen molar-refractivity contribution in [2.75, 3.05) is 12.4 Å². The van der Waals surface area contributed by atoms with Crippen molar-refractivity contribution in [1.82, 2.24) is 9.78 Å². The Kier molecular flexibility index (Phi) is 4.12. The van der Waals surface area contributed by atoms with Gasteiger partial charge in [0.15, 0.2) is 0 Å². The average Bonchev–Trinajstić information content (AvgIpc) is 3.42. The third kappa shape index (κ3) is 3.16. The normalized spacial score (nSPS) is 13.6. The Morgan fingerprint density at radius 1 is 1.17 bits per heavy atom. The Labute approximate surface area is 168 Å². The summed E-state index contributed by atoms with van der Waals surface area (Å²) in [5.41, 5.74) is 3.08. The molecule has 5 rings (SSSR count). The lowest BCUT2D eigenvalue weighted by Gasteiger charge is -2.09. The van der Waals surface area contributed by atoms with Crippen molar-refractivity contribution in [3.63, 3.8) is 0 Å². The molecule has 2 heterocycles. The minimum atomic E-state index is -0.228. The molecule has 1 aliphatic carbocycles. The summed E-state index contributed by atoms with van der Waals surface area (Å²) in [6.45, 7) is 1.80. The first-order valence-electron chi connectivity index (χ1n) is 9.68. The fourth-order valence-corrected chi connectivity index (χ4v) is 3.62. The quantitative estimate of drug-likeness (QED) is 0.519. The van der Waals surface area contributed by atoms with Gasteiger partial charge in [-0.3, -0.25) is 4.79 Å². The highest BCUT2D eigenvalue weighted by Crippen LogP contribution is 2.40. The average molecular weight is 387 g/mol. The van der Waals surface area contributed by atoms with Gasteiger partial charge in [-0.25, -0.2) is 4.68 Å². The third-order valence-corrected chi connectivity index (χ3v) is 5.26. The van der Waals surface area contributed by atoms with Crippen LogP contribution in [0.1, 0.15) is 40.6 Å². The lowest BCUT2D eigenvalue weighted by molar-refractivity contribution is 0.102. The van der Waals surface area contributed by atoms with Crippen molar-refractivity contribution in [2.24, 2.45) is 0 Å². The number of fused-ring (bicyclic) bond motifs is 1. The van der Waals surface area contributed by atoms with E-state index < -0.39 is 0 Å². The molecule has 2 aromatic carbocycles. The van der Waals surface area contributed by atoms with E-state index in [0.717, 1.165) is 29.6 Å². The van der Waals surface area contributed by atoms with Gasteiger partial charge in [-0.1, -0.05) is 18.2 Å². The molecule has 0 atom stereocenters. The van der Waals surface area contributed by atoms with Gasteiger partial charge in [-0.15, -0.1) is 0 Å². The number of hydrogen-bond acceptors (Lipinski definition) is 4. The molecule has 29 heavy (non-hydrogen) atoms. The maximum atomic E-state index is 13.2. The topological polar surface area (TPSA) is 69.3 Å². The molecule has 0 unspecified atom stereocenters.